The lowest BCUT2D eigenvalue weighted by Crippen LogP contribution is -2.26. The average Bonchev–Trinajstić information content (AvgIpc) is 2.54. The second kappa shape index (κ2) is 6.16. The Morgan fingerprint density at radius 1 is 1.09 bits per heavy atom. The van der Waals surface area contributed by atoms with Crippen molar-refractivity contribution in [3.63, 3.8) is 0 Å². The summed E-state index contributed by atoms with van der Waals surface area (Å²) in [5, 5.41) is 5.68. The third-order valence-electron chi connectivity index (χ3n) is 3.63. The van der Waals surface area contributed by atoms with Gasteiger partial charge in [0.05, 0.1) is 11.6 Å². The molecule has 3 nitrogen and oxygen atoms in total. The number of hydrogen-bond acceptors (Lipinski definition) is 2. The summed E-state index contributed by atoms with van der Waals surface area (Å²) in [6.07, 6.45) is 1.48. The summed E-state index contributed by atoms with van der Waals surface area (Å²) in [7, 11) is 0. The molecule has 0 aliphatic carbocycles. The van der Waals surface area contributed by atoms with Crippen molar-refractivity contribution in [3.05, 3.63) is 77.1 Å². The number of hydrogen-bond donors (Lipinski definition) is 1. The van der Waals surface area contributed by atoms with Crippen molar-refractivity contribution in [3.8, 4) is 0 Å². The summed E-state index contributed by atoms with van der Waals surface area (Å²) in [5.41, 5.74) is 1.59. The molecule has 0 aliphatic rings. The van der Waals surface area contributed by atoms with Gasteiger partial charge in [0.15, 0.2) is 0 Å². The summed E-state index contributed by atoms with van der Waals surface area (Å²) in [6.45, 7) is 1.98. The summed E-state index contributed by atoms with van der Waals surface area (Å²) in [5.74, 6) is -0.162. The molecule has 1 heterocycles. The molecule has 0 spiro atoms. The number of nitrogens with zero attached hydrogens (tertiary/aromatic N) is 1. The van der Waals surface area contributed by atoms with Crippen LogP contribution in [0.1, 0.15) is 28.9 Å². The summed E-state index contributed by atoms with van der Waals surface area (Å²) in [6, 6.07) is 17.4. The molecular formula is C18H15ClN2O. The number of pyridine rings is 1. The SMILES string of the molecule is CC(NC(=O)c1ccc(Cl)nc1)c1cccc2ccccc12. The molecular weight excluding hydrogens is 296 g/mol. The predicted molar refractivity (Wildman–Crippen MR) is 89.1 cm³/mol. The lowest BCUT2D eigenvalue weighted by Gasteiger charge is -2.16. The third-order valence-corrected chi connectivity index (χ3v) is 3.85. The molecule has 1 unspecified atom stereocenters. The highest BCUT2D eigenvalue weighted by Crippen LogP contribution is 2.24. The summed E-state index contributed by atoms with van der Waals surface area (Å²) < 4.78 is 0. The Balaban J connectivity index is 1.85. The van der Waals surface area contributed by atoms with Crippen LogP contribution in [-0.4, -0.2) is 10.9 Å². The van der Waals surface area contributed by atoms with E-state index in [-0.39, 0.29) is 11.9 Å². The van der Waals surface area contributed by atoms with Gasteiger partial charge in [-0.1, -0.05) is 54.1 Å². The Morgan fingerprint density at radius 3 is 2.64 bits per heavy atom. The highest BCUT2D eigenvalue weighted by molar-refractivity contribution is 6.29. The Bertz CT molecular complexity index is 809. The number of amides is 1. The second-order valence-electron chi connectivity index (χ2n) is 5.13. The molecule has 1 amide bonds. The van der Waals surface area contributed by atoms with Crippen LogP contribution >= 0.6 is 11.6 Å². The molecule has 0 saturated heterocycles. The predicted octanol–water partition coefficient (Wildman–Crippen LogP) is 4.38. The van der Waals surface area contributed by atoms with Gasteiger partial charge in [-0.2, -0.15) is 0 Å². The molecule has 3 rings (SSSR count). The van der Waals surface area contributed by atoms with E-state index >= 15 is 0 Å². The standard InChI is InChI=1S/C18H15ClN2O/c1-12(21-18(22)14-9-10-17(19)20-11-14)15-8-4-6-13-5-2-3-7-16(13)15/h2-12H,1H3,(H,21,22). The van der Waals surface area contributed by atoms with E-state index in [9.17, 15) is 4.79 Å². The van der Waals surface area contributed by atoms with E-state index in [1.807, 2.05) is 31.2 Å². The minimum absolute atomic E-state index is 0.103. The monoisotopic (exact) mass is 310 g/mol. The Kier molecular flexibility index (Phi) is 4.07. The van der Waals surface area contributed by atoms with E-state index in [1.54, 1.807) is 12.1 Å². The van der Waals surface area contributed by atoms with E-state index in [0.29, 0.717) is 10.7 Å². The molecule has 0 aliphatic heterocycles. The van der Waals surface area contributed by atoms with Gasteiger partial charge in [0.1, 0.15) is 5.15 Å². The van der Waals surface area contributed by atoms with Crippen molar-refractivity contribution in [2.24, 2.45) is 0 Å². The first-order chi connectivity index (χ1) is 10.6. The lowest BCUT2D eigenvalue weighted by atomic mass is 9.99. The van der Waals surface area contributed by atoms with Gasteiger partial charge >= 0.3 is 0 Å². The van der Waals surface area contributed by atoms with Gasteiger partial charge in [0, 0.05) is 6.20 Å². The van der Waals surface area contributed by atoms with Crippen molar-refractivity contribution in [2.75, 3.05) is 0 Å². The average molecular weight is 311 g/mol. The van der Waals surface area contributed by atoms with Crippen LogP contribution in [-0.2, 0) is 0 Å². The van der Waals surface area contributed by atoms with Crippen molar-refractivity contribution >= 4 is 28.3 Å². The number of nitrogens with one attached hydrogen (secondary N) is 1. The summed E-state index contributed by atoms with van der Waals surface area (Å²) >= 11 is 5.74. The van der Waals surface area contributed by atoms with Crippen LogP contribution < -0.4 is 5.32 Å². The molecule has 110 valence electrons. The van der Waals surface area contributed by atoms with Crippen LogP contribution in [0.2, 0.25) is 5.15 Å². The topological polar surface area (TPSA) is 42.0 Å². The molecule has 0 radical (unpaired) electrons. The van der Waals surface area contributed by atoms with Gasteiger partial charge < -0.3 is 5.32 Å². The molecule has 0 fully saturated rings. The normalized spacial score (nSPS) is 12.1. The summed E-state index contributed by atoms with van der Waals surface area (Å²) in [4.78, 5) is 16.2. The first-order valence-electron chi connectivity index (χ1n) is 7.05. The first-order valence-corrected chi connectivity index (χ1v) is 7.43. The van der Waals surface area contributed by atoms with Crippen LogP contribution in [0.3, 0.4) is 0 Å². The number of aromatic nitrogens is 1. The van der Waals surface area contributed by atoms with Crippen LogP contribution in [0.4, 0.5) is 0 Å². The van der Waals surface area contributed by atoms with Crippen molar-refractivity contribution in [2.45, 2.75) is 13.0 Å². The quantitative estimate of drug-likeness (QED) is 0.729. The van der Waals surface area contributed by atoms with E-state index in [0.717, 1.165) is 16.3 Å². The van der Waals surface area contributed by atoms with Gasteiger partial charge in [-0.05, 0) is 35.4 Å². The van der Waals surface area contributed by atoms with Crippen LogP contribution in [0.25, 0.3) is 10.8 Å². The highest BCUT2D eigenvalue weighted by Gasteiger charge is 2.13. The van der Waals surface area contributed by atoms with Crippen LogP contribution in [0.5, 0.6) is 0 Å². The minimum atomic E-state index is -0.162. The second-order valence-corrected chi connectivity index (χ2v) is 5.52. The largest absolute Gasteiger partial charge is 0.345 e. The van der Waals surface area contributed by atoms with E-state index in [2.05, 4.69) is 28.5 Å². The molecule has 1 aromatic heterocycles. The molecule has 3 aromatic rings. The Hall–Kier alpha value is -2.39. The molecule has 2 aromatic carbocycles. The number of halogens is 1. The van der Waals surface area contributed by atoms with Crippen molar-refractivity contribution < 1.29 is 4.79 Å². The smallest absolute Gasteiger partial charge is 0.253 e. The molecule has 22 heavy (non-hydrogen) atoms. The third kappa shape index (κ3) is 2.95. The van der Waals surface area contributed by atoms with Gasteiger partial charge in [-0.3, -0.25) is 4.79 Å². The molecule has 4 heteroatoms. The van der Waals surface area contributed by atoms with Gasteiger partial charge in [0.2, 0.25) is 0 Å². The fraction of sp³-hybridized carbons (Fsp3) is 0.111. The van der Waals surface area contributed by atoms with Gasteiger partial charge in [-0.25, -0.2) is 4.98 Å². The maximum atomic E-state index is 12.3. The molecule has 0 bridgehead atoms. The van der Waals surface area contributed by atoms with E-state index in [1.165, 1.54) is 6.20 Å². The zero-order valence-electron chi connectivity index (χ0n) is 12.1. The Morgan fingerprint density at radius 2 is 1.86 bits per heavy atom. The fourth-order valence-corrected chi connectivity index (χ4v) is 2.61. The zero-order valence-corrected chi connectivity index (χ0v) is 12.8. The maximum Gasteiger partial charge on any atom is 0.253 e. The van der Waals surface area contributed by atoms with Crippen LogP contribution in [0.15, 0.2) is 60.8 Å². The van der Waals surface area contributed by atoms with E-state index in [4.69, 9.17) is 11.6 Å². The van der Waals surface area contributed by atoms with Gasteiger partial charge in [-0.15, -0.1) is 0 Å². The van der Waals surface area contributed by atoms with Crippen LogP contribution in [0, 0.1) is 0 Å². The number of benzene rings is 2. The molecule has 1 N–H and O–H groups in total. The molecule has 0 saturated carbocycles. The zero-order chi connectivity index (χ0) is 15.5. The molecule has 1 atom stereocenters. The van der Waals surface area contributed by atoms with E-state index < -0.39 is 0 Å². The minimum Gasteiger partial charge on any atom is -0.345 e. The Labute approximate surface area is 133 Å². The van der Waals surface area contributed by atoms with Crippen molar-refractivity contribution in [1.29, 1.82) is 0 Å². The lowest BCUT2D eigenvalue weighted by molar-refractivity contribution is 0.0940. The first kappa shape index (κ1) is 14.5. The van der Waals surface area contributed by atoms with Crippen molar-refractivity contribution in [1.82, 2.24) is 10.3 Å². The highest BCUT2D eigenvalue weighted by atomic mass is 35.5. The number of carbonyl (C=O) groups is 1. The number of carbonyl (C=O) groups excluding carboxylic acids is 1. The maximum absolute atomic E-state index is 12.3. The number of fused-ring (bicyclic) bond motifs is 1. The number of rotatable bonds is 3. The van der Waals surface area contributed by atoms with Gasteiger partial charge in [0.25, 0.3) is 5.91 Å². The fourth-order valence-electron chi connectivity index (χ4n) is 2.50.